The predicted molar refractivity (Wildman–Crippen MR) is 79.5 cm³/mol. The summed E-state index contributed by atoms with van der Waals surface area (Å²) in [5.74, 6) is 0. The standard InChI is InChI=1S/C13H11Cl2N3O2/c14-10-7-12(13(18(19)20)8-11(10)15)17-6-4-9-3-1-2-5-16-9/h1-3,5,7-8,17H,4,6H2. The van der Waals surface area contributed by atoms with Crippen molar-refractivity contribution < 1.29 is 4.92 Å². The first kappa shape index (κ1) is 14.6. The van der Waals surface area contributed by atoms with Crippen LogP contribution >= 0.6 is 23.2 Å². The summed E-state index contributed by atoms with van der Waals surface area (Å²) < 4.78 is 0. The monoisotopic (exact) mass is 311 g/mol. The second kappa shape index (κ2) is 6.54. The van der Waals surface area contributed by atoms with Crippen LogP contribution in [0.2, 0.25) is 10.0 Å². The van der Waals surface area contributed by atoms with Gasteiger partial charge in [0, 0.05) is 30.9 Å². The van der Waals surface area contributed by atoms with Gasteiger partial charge >= 0.3 is 0 Å². The summed E-state index contributed by atoms with van der Waals surface area (Å²) in [7, 11) is 0. The van der Waals surface area contributed by atoms with Crippen molar-refractivity contribution in [1.29, 1.82) is 0 Å². The quantitative estimate of drug-likeness (QED) is 0.670. The molecule has 2 rings (SSSR count). The van der Waals surface area contributed by atoms with Crippen LogP contribution in [0.25, 0.3) is 0 Å². The number of halogens is 2. The molecule has 0 saturated heterocycles. The van der Waals surface area contributed by atoms with E-state index in [0.717, 1.165) is 5.69 Å². The molecular formula is C13H11Cl2N3O2. The average Bonchev–Trinajstić information content (AvgIpc) is 2.43. The van der Waals surface area contributed by atoms with Crippen molar-refractivity contribution in [3.8, 4) is 0 Å². The number of hydrogen-bond donors (Lipinski definition) is 1. The van der Waals surface area contributed by atoms with E-state index in [2.05, 4.69) is 10.3 Å². The summed E-state index contributed by atoms with van der Waals surface area (Å²) >= 11 is 11.7. The highest BCUT2D eigenvalue weighted by molar-refractivity contribution is 6.42. The molecule has 0 saturated carbocycles. The van der Waals surface area contributed by atoms with Gasteiger partial charge < -0.3 is 5.32 Å². The van der Waals surface area contributed by atoms with E-state index in [-0.39, 0.29) is 15.7 Å². The van der Waals surface area contributed by atoms with Crippen LogP contribution in [0.15, 0.2) is 36.5 Å². The Hall–Kier alpha value is -1.85. The lowest BCUT2D eigenvalue weighted by Gasteiger charge is -2.08. The summed E-state index contributed by atoms with van der Waals surface area (Å²) in [6, 6.07) is 8.32. The van der Waals surface area contributed by atoms with E-state index < -0.39 is 4.92 Å². The molecule has 5 nitrogen and oxygen atoms in total. The summed E-state index contributed by atoms with van der Waals surface area (Å²) in [5.41, 5.74) is 1.16. The Morgan fingerprint density at radius 2 is 2.00 bits per heavy atom. The largest absolute Gasteiger partial charge is 0.379 e. The van der Waals surface area contributed by atoms with Gasteiger partial charge in [0.15, 0.2) is 0 Å². The van der Waals surface area contributed by atoms with Crippen LogP contribution in [0.4, 0.5) is 11.4 Å². The molecule has 0 fully saturated rings. The van der Waals surface area contributed by atoms with E-state index in [0.29, 0.717) is 18.7 Å². The van der Waals surface area contributed by atoms with E-state index in [1.807, 2.05) is 18.2 Å². The van der Waals surface area contributed by atoms with Crippen LogP contribution < -0.4 is 5.32 Å². The van der Waals surface area contributed by atoms with Crippen molar-refractivity contribution in [2.45, 2.75) is 6.42 Å². The van der Waals surface area contributed by atoms with Gasteiger partial charge in [0.2, 0.25) is 0 Å². The highest BCUT2D eigenvalue weighted by atomic mass is 35.5. The number of nitrogens with one attached hydrogen (secondary N) is 1. The third-order valence-electron chi connectivity index (χ3n) is 2.66. The van der Waals surface area contributed by atoms with Crippen molar-refractivity contribution in [3.63, 3.8) is 0 Å². The van der Waals surface area contributed by atoms with Gasteiger partial charge in [-0.1, -0.05) is 29.3 Å². The molecule has 0 atom stereocenters. The third kappa shape index (κ3) is 3.59. The molecule has 104 valence electrons. The van der Waals surface area contributed by atoms with Gasteiger partial charge in [-0.25, -0.2) is 0 Å². The van der Waals surface area contributed by atoms with E-state index in [1.165, 1.54) is 12.1 Å². The van der Waals surface area contributed by atoms with Crippen LogP contribution in [0.5, 0.6) is 0 Å². The van der Waals surface area contributed by atoms with Crippen LogP contribution in [0.3, 0.4) is 0 Å². The SMILES string of the molecule is O=[N+]([O-])c1cc(Cl)c(Cl)cc1NCCc1ccccn1. The van der Waals surface area contributed by atoms with Gasteiger partial charge in [0.25, 0.3) is 5.69 Å². The number of hydrogen-bond acceptors (Lipinski definition) is 4. The van der Waals surface area contributed by atoms with Crippen LogP contribution in [0.1, 0.15) is 5.69 Å². The summed E-state index contributed by atoms with van der Waals surface area (Å²) in [6.45, 7) is 0.510. The van der Waals surface area contributed by atoms with Gasteiger partial charge in [0.1, 0.15) is 5.69 Å². The fourth-order valence-electron chi connectivity index (χ4n) is 1.70. The van der Waals surface area contributed by atoms with E-state index in [1.54, 1.807) is 6.20 Å². The first-order valence-electron chi connectivity index (χ1n) is 5.85. The maximum atomic E-state index is 11.0. The minimum Gasteiger partial charge on any atom is -0.379 e. The molecule has 0 aliphatic carbocycles. The van der Waals surface area contributed by atoms with E-state index >= 15 is 0 Å². The Bertz CT molecular complexity index is 621. The maximum absolute atomic E-state index is 11.0. The van der Waals surface area contributed by atoms with Crippen molar-refractivity contribution in [2.75, 3.05) is 11.9 Å². The first-order chi connectivity index (χ1) is 9.58. The van der Waals surface area contributed by atoms with Gasteiger partial charge in [-0.05, 0) is 18.2 Å². The molecule has 1 aromatic heterocycles. The van der Waals surface area contributed by atoms with Crippen LogP contribution in [-0.2, 0) is 6.42 Å². The zero-order chi connectivity index (χ0) is 14.5. The lowest BCUT2D eigenvalue weighted by Crippen LogP contribution is -2.07. The van der Waals surface area contributed by atoms with Crippen molar-refractivity contribution >= 4 is 34.6 Å². The van der Waals surface area contributed by atoms with Crippen molar-refractivity contribution in [2.24, 2.45) is 0 Å². The molecule has 2 aromatic rings. The predicted octanol–water partition coefficient (Wildman–Crippen LogP) is 3.95. The average molecular weight is 312 g/mol. The molecule has 1 N–H and O–H groups in total. The second-order valence-corrected chi connectivity index (χ2v) is 4.85. The Morgan fingerprint density at radius 1 is 1.25 bits per heavy atom. The molecule has 7 heteroatoms. The number of nitro benzene ring substituents is 1. The summed E-state index contributed by atoms with van der Waals surface area (Å²) in [5, 5.41) is 14.4. The normalized spacial score (nSPS) is 10.3. The number of rotatable bonds is 5. The zero-order valence-electron chi connectivity index (χ0n) is 10.3. The Balaban J connectivity index is 2.09. The highest BCUT2D eigenvalue weighted by Gasteiger charge is 2.16. The molecule has 0 aliphatic heterocycles. The number of anilines is 1. The molecule has 0 spiro atoms. The number of benzene rings is 1. The molecule has 0 radical (unpaired) electrons. The molecule has 0 aliphatic rings. The topological polar surface area (TPSA) is 68.1 Å². The third-order valence-corrected chi connectivity index (χ3v) is 3.38. The smallest absolute Gasteiger partial charge is 0.293 e. The first-order valence-corrected chi connectivity index (χ1v) is 6.60. The highest BCUT2D eigenvalue weighted by Crippen LogP contribution is 2.33. The lowest BCUT2D eigenvalue weighted by atomic mass is 10.2. The fourth-order valence-corrected chi connectivity index (χ4v) is 2.02. The Morgan fingerprint density at radius 3 is 2.65 bits per heavy atom. The minimum absolute atomic E-state index is 0.0968. The van der Waals surface area contributed by atoms with Gasteiger partial charge in [-0.2, -0.15) is 0 Å². The molecule has 0 bridgehead atoms. The Kier molecular flexibility index (Phi) is 4.76. The second-order valence-electron chi connectivity index (χ2n) is 4.04. The van der Waals surface area contributed by atoms with E-state index in [9.17, 15) is 10.1 Å². The molecule has 1 heterocycles. The minimum atomic E-state index is -0.495. The zero-order valence-corrected chi connectivity index (χ0v) is 11.9. The fraction of sp³-hybridized carbons (Fsp3) is 0.154. The molecule has 0 unspecified atom stereocenters. The Labute approximate surface area is 125 Å². The van der Waals surface area contributed by atoms with Crippen molar-refractivity contribution in [3.05, 3.63) is 62.4 Å². The lowest BCUT2D eigenvalue weighted by molar-refractivity contribution is -0.383. The van der Waals surface area contributed by atoms with Crippen LogP contribution in [0, 0.1) is 10.1 Å². The van der Waals surface area contributed by atoms with Gasteiger partial charge in [-0.3, -0.25) is 15.1 Å². The van der Waals surface area contributed by atoms with Crippen molar-refractivity contribution in [1.82, 2.24) is 4.98 Å². The van der Waals surface area contributed by atoms with E-state index in [4.69, 9.17) is 23.2 Å². The van der Waals surface area contributed by atoms with Gasteiger partial charge in [0.05, 0.1) is 15.0 Å². The summed E-state index contributed by atoms with van der Waals surface area (Å²) in [6.07, 6.45) is 2.36. The van der Waals surface area contributed by atoms with Crippen LogP contribution in [-0.4, -0.2) is 16.5 Å². The summed E-state index contributed by atoms with van der Waals surface area (Å²) in [4.78, 5) is 14.7. The number of nitrogens with zero attached hydrogens (tertiary/aromatic N) is 2. The molecule has 0 amide bonds. The molecule has 20 heavy (non-hydrogen) atoms. The maximum Gasteiger partial charge on any atom is 0.293 e. The number of aromatic nitrogens is 1. The number of pyridine rings is 1. The van der Waals surface area contributed by atoms with Gasteiger partial charge in [-0.15, -0.1) is 0 Å². The molecular weight excluding hydrogens is 301 g/mol. The number of nitro groups is 1. The molecule has 1 aromatic carbocycles.